The van der Waals surface area contributed by atoms with Crippen molar-refractivity contribution in [3.63, 3.8) is 0 Å². The van der Waals surface area contributed by atoms with Gasteiger partial charge in [0.05, 0.1) is 6.61 Å². The van der Waals surface area contributed by atoms with Crippen molar-refractivity contribution < 1.29 is 29.3 Å². The highest BCUT2D eigenvalue weighted by Crippen LogP contribution is 2.44. The minimum atomic E-state index is -1.42. The summed E-state index contributed by atoms with van der Waals surface area (Å²) in [5.74, 6) is -2.17. The van der Waals surface area contributed by atoms with Crippen molar-refractivity contribution >= 4 is 18.0 Å². The molecule has 0 spiro atoms. The number of carboxylic acids is 1. The number of ether oxygens (including phenoxy) is 1. The Labute approximate surface area is 185 Å². The molecule has 32 heavy (non-hydrogen) atoms. The van der Waals surface area contributed by atoms with Gasteiger partial charge in [-0.1, -0.05) is 55.0 Å². The number of benzene rings is 2. The van der Waals surface area contributed by atoms with Gasteiger partial charge in [0.15, 0.2) is 0 Å². The quantitative estimate of drug-likeness (QED) is 0.501. The molecule has 2 atom stereocenters. The van der Waals surface area contributed by atoms with Crippen LogP contribution in [0.1, 0.15) is 36.3 Å². The molecule has 168 valence electrons. The number of hydrogen-bond donors (Lipinski definition) is 4. The molecule has 4 N–H and O–H groups in total. The van der Waals surface area contributed by atoms with Crippen LogP contribution in [0.25, 0.3) is 11.1 Å². The van der Waals surface area contributed by atoms with Gasteiger partial charge < -0.3 is 25.6 Å². The Morgan fingerprint density at radius 1 is 0.969 bits per heavy atom. The summed E-state index contributed by atoms with van der Waals surface area (Å²) in [5, 5.41) is 23.1. The van der Waals surface area contributed by atoms with Gasteiger partial charge in [0.25, 0.3) is 0 Å². The van der Waals surface area contributed by atoms with Crippen LogP contribution >= 0.6 is 0 Å². The Morgan fingerprint density at radius 2 is 1.56 bits per heavy atom. The predicted molar refractivity (Wildman–Crippen MR) is 116 cm³/mol. The summed E-state index contributed by atoms with van der Waals surface area (Å²) in [6.45, 7) is -0.614. The molecule has 2 aromatic rings. The molecule has 0 aliphatic heterocycles. The van der Waals surface area contributed by atoms with E-state index < -0.39 is 36.7 Å². The Kier molecular flexibility index (Phi) is 6.41. The molecule has 0 aromatic heterocycles. The first-order valence-electron chi connectivity index (χ1n) is 10.7. The molecule has 0 heterocycles. The lowest BCUT2D eigenvalue weighted by atomic mass is 9.79. The molecule has 0 saturated heterocycles. The van der Waals surface area contributed by atoms with E-state index >= 15 is 0 Å². The number of aliphatic hydroxyl groups is 1. The number of carbonyl (C=O) groups excluding carboxylic acids is 2. The first-order valence-corrected chi connectivity index (χ1v) is 10.7. The zero-order valence-electron chi connectivity index (χ0n) is 17.5. The van der Waals surface area contributed by atoms with Gasteiger partial charge >= 0.3 is 12.1 Å². The molecule has 1 unspecified atom stereocenters. The van der Waals surface area contributed by atoms with Gasteiger partial charge in [-0.2, -0.15) is 0 Å². The number of fused-ring (bicyclic) bond motifs is 3. The summed E-state index contributed by atoms with van der Waals surface area (Å²) in [5.41, 5.74) is 4.41. The second kappa shape index (κ2) is 9.40. The van der Waals surface area contributed by atoms with E-state index in [0.717, 1.165) is 41.5 Å². The van der Waals surface area contributed by atoms with Crippen LogP contribution in [0.4, 0.5) is 4.79 Å². The van der Waals surface area contributed by atoms with Crippen LogP contribution in [0.15, 0.2) is 48.5 Å². The van der Waals surface area contributed by atoms with E-state index in [1.54, 1.807) is 0 Å². The second-order valence-corrected chi connectivity index (χ2v) is 8.22. The Hall–Kier alpha value is -3.39. The maximum Gasteiger partial charge on any atom is 0.407 e. The molecular weight excluding hydrogens is 412 g/mol. The standard InChI is InChI=1S/C24H26N2O6/c27-12-20(23(29)30)25-22(28)21(14-6-5-7-14)26-24(31)32-13-19-17-10-3-1-8-15(17)16-9-2-4-11-18(16)19/h1-4,8-11,14,19-21,27H,5-7,12-13H2,(H,25,28)(H,26,31)(H,29,30)/t20-,21?/m1/s1. The number of hydrogen-bond acceptors (Lipinski definition) is 5. The van der Waals surface area contributed by atoms with E-state index in [1.165, 1.54) is 0 Å². The maximum atomic E-state index is 12.6. The summed E-state index contributed by atoms with van der Waals surface area (Å²) in [6, 6.07) is 13.7. The van der Waals surface area contributed by atoms with Crippen molar-refractivity contribution in [2.75, 3.05) is 13.2 Å². The smallest absolute Gasteiger partial charge is 0.407 e. The van der Waals surface area contributed by atoms with E-state index in [9.17, 15) is 19.5 Å². The highest BCUT2D eigenvalue weighted by Gasteiger charge is 2.36. The lowest BCUT2D eigenvalue weighted by Gasteiger charge is -2.33. The molecule has 8 heteroatoms. The van der Waals surface area contributed by atoms with Crippen molar-refractivity contribution in [2.24, 2.45) is 5.92 Å². The zero-order chi connectivity index (χ0) is 22.7. The van der Waals surface area contributed by atoms with Gasteiger partial charge in [0.2, 0.25) is 5.91 Å². The third kappa shape index (κ3) is 4.31. The van der Waals surface area contributed by atoms with Gasteiger partial charge in [-0.05, 0) is 41.0 Å². The summed E-state index contributed by atoms with van der Waals surface area (Å²) in [4.78, 5) is 36.3. The van der Waals surface area contributed by atoms with Gasteiger partial charge in [-0.3, -0.25) is 4.79 Å². The second-order valence-electron chi connectivity index (χ2n) is 8.22. The number of rotatable bonds is 8. The average molecular weight is 438 g/mol. The predicted octanol–water partition coefficient (Wildman–Crippen LogP) is 2.26. The highest BCUT2D eigenvalue weighted by atomic mass is 16.5. The first kappa shape index (κ1) is 21.8. The Morgan fingerprint density at radius 3 is 2.06 bits per heavy atom. The molecule has 8 nitrogen and oxygen atoms in total. The van der Waals surface area contributed by atoms with E-state index in [-0.39, 0.29) is 18.4 Å². The highest BCUT2D eigenvalue weighted by molar-refractivity contribution is 5.89. The molecule has 1 fully saturated rings. The molecule has 4 rings (SSSR count). The monoisotopic (exact) mass is 438 g/mol. The molecule has 1 saturated carbocycles. The van der Waals surface area contributed by atoms with Crippen LogP contribution in [0.5, 0.6) is 0 Å². The van der Waals surface area contributed by atoms with Crippen LogP contribution in [0, 0.1) is 5.92 Å². The Balaban J connectivity index is 1.42. The number of carbonyl (C=O) groups is 3. The first-order chi connectivity index (χ1) is 15.5. The largest absolute Gasteiger partial charge is 0.480 e. The van der Waals surface area contributed by atoms with Crippen LogP contribution in [-0.4, -0.2) is 53.5 Å². The van der Waals surface area contributed by atoms with Crippen molar-refractivity contribution in [1.82, 2.24) is 10.6 Å². The van der Waals surface area contributed by atoms with E-state index in [1.807, 2.05) is 48.5 Å². The van der Waals surface area contributed by atoms with Crippen molar-refractivity contribution in [3.05, 3.63) is 59.7 Å². The number of aliphatic hydroxyl groups excluding tert-OH is 1. The molecule has 0 bridgehead atoms. The van der Waals surface area contributed by atoms with Crippen molar-refractivity contribution in [3.8, 4) is 11.1 Å². The van der Waals surface area contributed by atoms with E-state index in [4.69, 9.17) is 9.84 Å². The number of alkyl carbamates (subject to hydrolysis) is 1. The van der Waals surface area contributed by atoms with E-state index in [2.05, 4.69) is 10.6 Å². The molecule has 2 aliphatic carbocycles. The molecular formula is C24H26N2O6. The lowest BCUT2D eigenvalue weighted by molar-refractivity contribution is -0.143. The van der Waals surface area contributed by atoms with Crippen LogP contribution < -0.4 is 10.6 Å². The lowest BCUT2D eigenvalue weighted by Crippen LogP contribution is -2.56. The van der Waals surface area contributed by atoms with Gasteiger partial charge in [0, 0.05) is 5.92 Å². The summed E-state index contributed by atoms with van der Waals surface area (Å²) >= 11 is 0. The third-order valence-electron chi connectivity index (χ3n) is 6.32. The normalized spacial score (nSPS) is 16.8. The van der Waals surface area contributed by atoms with Crippen molar-refractivity contribution in [1.29, 1.82) is 0 Å². The molecule has 2 aliphatic rings. The van der Waals surface area contributed by atoms with Crippen LogP contribution in [0.2, 0.25) is 0 Å². The van der Waals surface area contributed by atoms with Crippen LogP contribution in [0.3, 0.4) is 0 Å². The number of aliphatic carboxylic acids is 1. The fraction of sp³-hybridized carbons (Fsp3) is 0.375. The average Bonchev–Trinajstić information content (AvgIpc) is 3.07. The SMILES string of the molecule is O=C(NC(C(=O)N[C@H](CO)C(=O)O)C1CCC1)OCC1c2ccccc2-c2ccccc21. The topological polar surface area (TPSA) is 125 Å². The molecule has 2 aromatic carbocycles. The summed E-state index contributed by atoms with van der Waals surface area (Å²) < 4.78 is 5.52. The van der Waals surface area contributed by atoms with E-state index in [0.29, 0.717) is 0 Å². The van der Waals surface area contributed by atoms with Gasteiger partial charge in [-0.15, -0.1) is 0 Å². The number of nitrogens with one attached hydrogen (secondary N) is 2. The van der Waals surface area contributed by atoms with Crippen LogP contribution in [-0.2, 0) is 14.3 Å². The minimum Gasteiger partial charge on any atom is -0.480 e. The van der Waals surface area contributed by atoms with Gasteiger partial charge in [-0.25, -0.2) is 9.59 Å². The minimum absolute atomic E-state index is 0.0939. The molecule has 2 amide bonds. The Bertz CT molecular complexity index is 974. The summed E-state index contributed by atoms with van der Waals surface area (Å²) in [7, 11) is 0. The maximum absolute atomic E-state index is 12.6. The number of carboxylic acid groups (broad SMARTS) is 1. The summed E-state index contributed by atoms with van der Waals surface area (Å²) in [6.07, 6.45) is 1.70. The molecule has 0 radical (unpaired) electrons. The zero-order valence-corrected chi connectivity index (χ0v) is 17.5. The fourth-order valence-corrected chi connectivity index (χ4v) is 4.38. The third-order valence-corrected chi connectivity index (χ3v) is 6.32. The fourth-order valence-electron chi connectivity index (χ4n) is 4.38. The van der Waals surface area contributed by atoms with Gasteiger partial charge in [0.1, 0.15) is 18.7 Å². The van der Waals surface area contributed by atoms with Crippen molar-refractivity contribution in [2.45, 2.75) is 37.3 Å². The number of amides is 2.